The van der Waals surface area contributed by atoms with Crippen molar-refractivity contribution >= 4 is 5.97 Å². The SMILES string of the molecule is [2H]C[C@@]([2H])(C([2H])([2H])C([2H])([2H])[2H])[C@@]([2H])(C(=O)O)N([2H])[2H]. The van der Waals surface area contributed by atoms with Gasteiger partial charge in [0.25, 0.3) is 0 Å². The van der Waals surface area contributed by atoms with Crippen LogP contribution in [0.1, 0.15) is 31.1 Å². The van der Waals surface area contributed by atoms with Crippen molar-refractivity contribution in [3.05, 3.63) is 0 Å². The highest BCUT2D eigenvalue weighted by molar-refractivity contribution is 5.73. The van der Waals surface area contributed by atoms with E-state index in [1.165, 1.54) is 0 Å². The predicted octanol–water partition coefficient (Wildman–Crippen LogP) is 0.444. The van der Waals surface area contributed by atoms with Gasteiger partial charge in [0.05, 0.1) is 1.37 Å². The number of hydrogen-bond acceptors (Lipinski definition) is 2. The van der Waals surface area contributed by atoms with Crippen molar-refractivity contribution in [3.63, 3.8) is 0 Å². The minimum atomic E-state index is -3.58. The summed E-state index contributed by atoms with van der Waals surface area (Å²) in [7, 11) is 0. The Morgan fingerprint density at radius 2 is 3.11 bits per heavy atom. The lowest BCUT2D eigenvalue weighted by molar-refractivity contribution is -0.139. The molecule has 0 aromatic heterocycles. The van der Waals surface area contributed by atoms with Crippen molar-refractivity contribution in [1.29, 1.82) is 0 Å². The maximum Gasteiger partial charge on any atom is 0.320 e. The number of rotatable bonds is 4. The molecule has 3 N–H and O–H groups in total. The molecular weight excluding hydrogens is 118 g/mol. The number of carboxylic acid groups (broad SMARTS) is 1. The van der Waals surface area contributed by atoms with Crippen LogP contribution in [0.25, 0.3) is 0 Å². The second-order valence-corrected chi connectivity index (χ2v) is 1.26. The summed E-state index contributed by atoms with van der Waals surface area (Å²) in [4.78, 5) is 11.0. The van der Waals surface area contributed by atoms with Gasteiger partial charge in [-0.1, -0.05) is 20.1 Å². The number of carboxylic acids is 1. The first-order valence-electron chi connectivity index (χ1n) is 7.11. The Bertz CT molecular complexity index is 356. The van der Waals surface area contributed by atoms with E-state index in [1.54, 1.807) is 0 Å². The molecule has 0 radical (unpaired) electrons. The lowest BCUT2D eigenvalue weighted by Gasteiger charge is -2.11. The van der Waals surface area contributed by atoms with Crippen LogP contribution < -0.4 is 5.72 Å². The summed E-state index contributed by atoms with van der Waals surface area (Å²) in [5, 5.41) is 8.88. The summed E-state index contributed by atoms with van der Waals surface area (Å²) in [5.41, 5.74) is -0.777. The standard InChI is InChI=1S/C6H13NO2/c1-3-4(2)5(7)6(8)9/h4-5H,3,7H2,1-2H3,(H,8,9)/t4-,5-/m0/s1/i1D3,2D,3D2,4D,5D/hD2. The van der Waals surface area contributed by atoms with Gasteiger partial charge in [0.1, 0.15) is 8.84 Å². The number of hydrogen-bond donors (Lipinski definition) is 2. The molecule has 0 aliphatic heterocycles. The summed E-state index contributed by atoms with van der Waals surface area (Å²) in [6.45, 7) is -4.92. The fourth-order valence-corrected chi connectivity index (χ4v) is 0.188. The highest BCUT2D eigenvalue weighted by Gasteiger charge is 2.17. The van der Waals surface area contributed by atoms with Gasteiger partial charge in [-0.25, -0.2) is 0 Å². The van der Waals surface area contributed by atoms with Crippen LogP contribution in [0.2, 0.25) is 2.82 Å². The van der Waals surface area contributed by atoms with E-state index in [4.69, 9.17) is 18.9 Å². The average Bonchev–Trinajstić information content (AvgIpc) is 2.24. The van der Waals surface area contributed by atoms with Crippen molar-refractivity contribution in [2.45, 2.75) is 26.1 Å². The van der Waals surface area contributed by atoms with Crippen LogP contribution in [0.3, 0.4) is 0 Å². The normalized spacial score (nSPS) is 43.2. The molecule has 0 unspecified atom stereocenters. The lowest BCUT2D eigenvalue weighted by Crippen LogP contribution is -2.36. The van der Waals surface area contributed by atoms with Crippen molar-refractivity contribution in [2.24, 2.45) is 11.6 Å². The van der Waals surface area contributed by atoms with E-state index < -0.39 is 43.7 Å². The summed E-state index contributed by atoms with van der Waals surface area (Å²) in [5.74, 6) is -5.63. The van der Waals surface area contributed by atoms with Crippen molar-refractivity contribution < 1.29 is 23.7 Å². The zero-order valence-corrected chi connectivity index (χ0v) is 4.51. The molecule has 0 aromatic carbocycles. The Labute approximate surface area is 69.0 Å². The molecule has 3 heteroatoms. The highest BCUT2D eigenvalue weighted by Crippen LogP contribution is 2.04. The van der Waals surface area contributed by atoms with Gasteiger partial charge in [-0.2, -0.15) is 0 Å². The molecule has 0 aliphatic rings. The van der Waals surface area contributed by atoms with E-state index in [0.29, 0.717) is 0 Å². The largest absolute Gasteiger partial charge is 0.480 e. The summed E-state index contributed by atoms with van der Waals surface area (Å²) < 4.78 is 71.8. The van der Waals surface area contributed by atoms with Crippen LogP contribution in [-0.2, 0) is 4.79 Å². The molecule has 0 fully saturated rings. The second-order valence-electron chi connectivity index (χ2n) is 1.26. The molecule has 54 valence electrons. The molecule has 9 heavy (non-hydrogen) atoms. The molecule has 0 rings (SSSR count). The van der Waals surface area contributed by atoms with E-state index in [9.17, 15) is 4.79 Å². The molecule has 2 atom stereocenters. The smallest absolute Gasteiger partial charge is 0.320 e. The van der Waals surface area contributed by atoms with E-state index in [2.05, 4.69) is 0 Å². The molecule has 0 heterocycles. The van der Waals surface area contributed by atoms with Gasteiger partial charge in [-0.3, -0.25) is 4.79 Å². The molecule has 0 saturated heterocycles. The molecule has 3 nitrogen and oxygen atoms in total. The van der Waals surface area contributed by atoms with E-state index in [1.807, 2.05) is 0 Å². The van der Waals surface area contributed by atoms with Crippen LogP contribution in [0.5, 0.6) is 0 Å². The average molecular weight is 141 g/mol. The van der Waals surface area contributed by atoms with Gasteiger partial charge in [0.15, 0.2) is 0 Å². The van der Waals surface area contributed by atoms with Crippen molar-refractivity contribution in [3.8, 4) is 0 Å². The number of aliphatic carboxylic acids is 1. The molecule has 0 amide bonds. The maximum atomic E-state index is 11.0. The molecule has 0 aliphatic carbocycles. The Hall–Kier alpha value is -0.570. The zero-order valence-electron chi connectivity index (χ0n) is 14.5. The van der Waals surface area contributed by atoms with Gasteiger partial charge in [-0.05, 0) is 5.89 Å². The molecule has 0 spiro atoms. The summed E-state index contributed by atoms with van der Waals surface area (Å²) in [6, 6.07) is -3.58. The molecule has 0 saturated carbocycles. The fourth-order valence-electron chi connectivity index (χ4n) is 0.188. The fraction of sp³-hybridized carbons (Fsp3) is 0.833. The van der Waals surface area contributed by atoms with Crippen LogP contribution >= 0.6 is 0 Å². The van der Waals surface area contributed by atoms with Crippen molar-refractivity contribution in [1.82, 2.24) is 0 Å². The third-order valence-electron chi connectivity index (χ3n) is 0.639. The molecular formula is C6H13NO2. The third kappa shape index (κ3) is 2.46. The second kappa shape index (κ2) is 3.45. The number of nitrogens with two attached hydrogens (primary N) is 1. The van der Waals surface area contributed by atoms with Crippen LogP contribution in [-0.4, -0.2) is 17.1 Å². The molecule has 0 bridgehead atoms. The topological polar surface area (TPSA) is 63.3 Å². The number of carbonyl (C=O) groups is 1. The first-order chi connectivity index (χ1) is 8.20. The monoisotopic (exact) mass is 141 g/mol. The highest BCUT2D eigenvalue weighted by atomic mass is 16.4. The Kier molecular flexibility index (Phi) is 0.588. The van der Waals surface area contributed by atoms with Crippen molar-refractivity contribution in [2.75, 3.05) is 0 Å². The first-order valence-corrected chi connectivity index (χ1v) is 2.00. The van der Waals surface area contributed by atoms with Crippen LogP contribution in [0.15, 0.2) is 0 Å². The first kappa shape index (κ1) is 1.53. The Balaban J connectivity index is 6.20. The van der Waals surface area contributed by atoms with E-state index in [-0.39, 0.29) is 0 Å². The zero-order chi connectivity index (χ0) is 15.9. The van der Waals surface area contributed by atoms with Crippen LogP contribution in [0, 0.1) is 5.89 Å². The van der Waals surface area contributed by atoms with Gasteiger partial charge < -0.3 is 10.8 Å². The quantitative estimate of drug-likeness (QED) is 0.597. The van der Waals surface area contributed by atoms with Gasteiger partial charge in [-0.15, -0.1) is 0 Å². The van der Waals surface area contributed by atoms with Gasteiger partial charge in [0, 0.05) is 9.60 Å². The minimum Gasteiger partial charge on any atom is -0.480 e. The Morgan fingerprint density at radius 1 is 2.33 bits per heavy atom. The van der Waals surface area contributed by atoms with E-state index in [0.717, 1.165) is 0 Å². The minimum absolute atomic E-state index is 0.777. The summed E-state index contributed by atoms with van der Waals surface area (Å²) >= 11 is 0. The Morgan fingerprint density at radius 3 is 3.44 bits per heavy atom. The maximum absolute atomic E-state index is 11.0. The molecule has 0 aromatic rings. The predicted molar refractivity (Wildman–Crippen MR) is 35.1 cm³/mol. The lowest BCUT2D eigenvalue weighted by atomic mass is 10.0. The summed E-state index contributed by atoms with van der Waals surface area (Å²) in [6.07, 6.45) is -3.58. The van der Waals surface area contributed by atoms with Gasteiger partial charge in [0.2, 0.25) is 0 Å². The third-order valence-corrected chi connectivity index (χ3v) is 0.639. The van der Waals surface area contributed by atoms with E-state index >= 15 is 0 Å². The van der Waals surface area contributed by atoms with Crippen LogP contribution in [0.4, 0.5) is 0 Å². The van der Waals surface area contributed by atoms with Gasteiger partial charge >= 0.3 is 5.97 Å².